The molecule has 0 radical (unpaired) electrons. The quantitative estimate of drug-likeness (QED) is 0.656. The summed E-state index contributed by atoms with van der Waals surface area (Å²) in [6.45, 7) is 0. The minimum Gasteiger partial charge on any atom is -0.271 e. The Morgan fingerprint density at radius 1 is 1.20 bits per heavy atom. The number of fused-ring (bicyclic) bond motifs is 5. The molecule has 4 heteroatoms. The first-order valence-electron chi connectivity index (χ1n) is 7.59. The van der Waals surface area contributed by atoms with Gasteiger partial charge < -0.3 is 0 Å². The van der Waals surface area contributed by atoms with E-state index >= 15 is 0 Å². The van der Waals surface area contributed by atoms with Crippen LogP contribution in [-0.4, -0.2) is 6.04 Å². The summed E-state index contributed by atoms with van der Waals surface area (Å²) in [6.07, 6.45) is 4.68. The van der Waals surface area contributed by atoms with Crippen LogP contribution in [0.2, 0.25) is 0 Å². The molecule has 2 bridgehead atoms. The van der Waals surface area contributed by atoms with Gasteiger partial charge in [-0.1, -0.05) is 6.07 Å². The van der Waals surface area contributed by atoms with Gasteiger partial charge in [0.25, 0.3) is 0 Å². The number of hydrogen-bond donors (Lipinski definition) is 2. The van der Waals surface area contributed by atoms with Crippen molar-refractivity contribution < 1.29 is 8.78 Å². The molecule has 0 heterocycles. The zero-order valence-electron chi connectivity index (χ0n) is 11.4. The van der Waals surface area contributed by atoms with Gasteiger partial charge in [0.15, 0.2) is 0 Å². The maximum absolute atomic E-state index is 13.8. The van der Waals surface area contributed by atoms with Crippen LogP contribution in [0.5, 0.6) is 0 Å². The number of nitrogens with two attached hydrogens (primary N) is 1. The van der Waals surface area contributed by atoms with E-state index in [4.69, 9.17) is 5.84 Å². The normalized spacial score (nSPS) is 38.9. The highest BCUT2D eigenvalue weighted by molar-refractivity contribution is 5.22. The topological polar surface area (TPSA) is 38.0 Å². The average molecular weight is 278 g/mol. The molecule has 3 aliphatic carbocycles. The van der Waals surface area contributed by atoms with E-state index in [0.29, 0.717) is 17.9 Å². The summed E-state index contributed by atoms with van der Waals surface area (Å²) in [5.74, 6) is 8.69. The summed E-state index contributed by atoms with van der Waals surface area (Å²) in [4.78, 5) is 0. The number of benzene rings is 1. The Morgan fingerprint density at radius 3 is 2.50 bits per heavy atom. The fourth-order valence-electron chi connectivity index (χ4n) is 5.16. The van der Waals surface area contributed by atoms with Crippen molar-refractivity contribution in [2.45, 2.75) is 31.7 Å². The monoisotopic (exact) mass is 278 g/mol. The SMILES string of the molecule is NNC(Cc1ccc(F)cc1F)C1C2C3CCC(C3)C21. The summed E-state index contributed by atoms with van der Waals surface area (Å²) < 4.78 is 26.7. The molecule has 3 N–H and O–H groups in total. The highest BCUT2D eigenvalue weighted by Gasteiger charge is 2.66. The van der Waals surface area contributed by atoms with Gasteiger partial charge >= 0.3 is 0 Å². The smallest absolute Gasteiger partial charge is 0.129 e. The van der Waals surface area contributed by atoms with Crippen molar-refractivity contribution in [1.29, 1.82) is 0 Å². The van der Waals surface area contributed by atoms with Gasteiger partial charge in [-0.25, -0.2) is 8.78 Å². The van der Waals surface area contributed by atoms with E-state index in [1.807, 2.05) is 0 Å². The highest BCUT2D eigenvalue weighted by atomic mass is 19.1. The lowest BCUT2D eigenvalue weighted by Crippen LogP contribution is -2.40. The molecule has 20 heavy (non-hydrogen) atoms. The molecule has 1 aromatic rings. The zero-order chi connectivity index (χ0) is 13.9. The molecule has 0 aromatic heterocycles. The van der Waals surface area contributed by atoms with Gasteiger partial charge in [-0.05, 0) is 66.9 Å². The third-order valence-corrected chi connectivity index (χ3v) is 5.93. The van der Waals surface area contributed by atoms with Crippen molar-refractivity contribution in [2.75, 3.05) is 0 Å². The second kappa shape index (κ2) is 4.50. The number of hydrazine groups is 1. The number of hydrogen-bond acceptors (Lipinski definition) is 2. The lowest BCUT2D eigenvalue weighted by atomic mass is 9.93. The molecular formula is C16H20F2N2. The van der Waals surface area contributed by atoms with E-state index in [9.17, 15) is 8.78 Å². The highest BCUT2D eigenvalue weighted by Crippen LogP contribution is 2.70. The van der Waals surface area contributed by atoms with Gasteiger partial charge in [0.2, 0.25) is 0 Å². The van der Waals surface area contributed by atoms with E-state index in [1.54, 1.807) is 6.07 Å². The van der Waals surface area contributed by atoms with Crippen LogP contribution in [0.4, 0.5) is 8.78 Å². The molecule has 3 aliphatic rings. The first-order chi connectivity index (χ1) is 9.69. The van der Waals surface area contributed by atoms with Crippen LogP contribution in [0, 0.1) is 41.2 Å². The van der Waals surface area contributed by atoms with Crippen molar-refractivity contribution >= 4 is 0 Å². The van der Waals surface area contributed by atoms with Crippen molar-refractivity contribution in [3.05, 3.63) is 35.4 Å². The maximum atomic E-state index is 13.8. The van der Waals surface area contributed by atoms with Crippen LogP contribution in [0.15, 0.2) is 18.2 Å². The van der Waals surface area contributed by atoms with Crippen molar-refractivity contribution in [1.82, 2.24) is 5.43 Å². The Kier molecular flexibility index (Phi) is 2.86. The fraction of sp³-hybridized carbons (Fsp3) is 0.625. The van der Waals surface area contributed by atoms with E-state index < -0.39 is 11.6 Å². The zero-order valence-corrected chi connectivity index (χ0v) is 11.4. The fourth-order valence-corrected chi connectivity index (χ4v) is 5.16. The van der Waals surface area contributed by atoms with Gasteiger partial charge in [-0.15, -0.1) is 0 Å². The van der Waals surface area contributed by atoms with Crippen LogP contribution >= 0.6 is 0 Å². The van der Waals surface area contributed by atoms with Crippen LogP contribution in [0.1, 0.15) is 24.8 Å². The van der Waals surface area contributed by atoms with Crippen molar-refractivity contribution in [3.63, 3.8) is 0 Å². The van der Waals surface area contributed by atoms with Gasteiger partial charge in [0.05, 0.1) is 0 Å². The molecule has 0 spiro atoms. The summed E-state index contributed by atoms with van der Waals surface area (Å²) in [6, 6.07) is 3.94. The van der Waals surface area contributed by atoms with Crippen molar-refractivity contribution in [3.8, 4) is 0 Å². The predicted molar refractivity (Wildman–Crippen MR) is 72.5 cm³/mol. The molecule has 5 unspecified atom stereocenters. The first-order valence-corrected chi connectivity index (χ1v) is 7.59. The largest absolute Gasteiger partial charge is 0.271 e. The molecule has 0 amide bonds. The third-order valence-electron chi connectivity index (χ3n) is 5.93. The molecule has 4 rings (SSSR count). The Bertz CT molecular complexity index is 517. The minimum absolute atomic E-state index is 0.119. The van der Waals surface area contributed by atoms with E-state index in [0.717, 1.165) is 29.7 Å². The molecule has 108 valence electrons. The van der Waals surface area contributed by atoms with Gasteiger partial charge in [0, 0.05) is 12.1 Å². The average Bonchev–Trinajstić information content (AvgIpc) is 2.86. The third kappa shape index (κ3) is 1.81. The Morgan fingerprint density at radius 2 is 1.90 bits per heavy atom. The standard InChI is InChI=1S/C16H20F2N2/c17-11-4-3-8(12(18)7-11)6-13(20-19)16-14-9-1-2-10(5-9)15(14)16/h3-4,7,9-10,13-16,20H,1-2,5-6,19H2. The Hall–Kier alpha value is -1.00. The number of halogens is 2. The molecule has 1 aromatic carbocycles. The van der Waals surface area contributed by atoms with E-state index in [1.165, 1.54) is 25.3 Å². The molecule has 2 nitrogen and oxygen atoms in total. The Labute approximate surface area is 117 Å². The summed E-state index contributed by atoms with van der Waals surface area (Å²) in [5, 5.41) is 0. The predicted octanol–water partition coefficient (Wildman–Crippen LogP) is 2.63. The van der Waals surface area contributed by atoms with Crippen LogP contribution in [-0.2, 0) is 6.42 Å². The summed E-state index contributed by atoms with van der Waals surface area (Å²) in [5.41, 5.74) is 3.45. The molecule has 0 saturated heterocycles. The lowest BCUT2D eigenvalue weighted by molar-refractivity contribution is 0.362. The van der Waals surface area contributed by atoms with Crippen LogP contribution in [0.3, 0.4) is 0 Å². The molecule has 3 fully saturated rings. The number of nitrogens with one attached hydrogen (secondary N) is 1. The molecule has 3 saturated carbocycles. The summed E-state index contributed by atoms with van der Waals surface area (Å²) in [7, 11) is 0. The van der Waals surface area contributed by atoms with E-state index in [-0.39, 0.29) is 6.04 Å². The Balaban J connectivity index is 1.50. The molecular weight excluding hydrogens is 258 g/mol. The molecule has 0 aliphatic heterocycles. The second-order valence-electron chi connectivity index (χ2n) is 6.78. The van der Waals surface area contributed by atoms with Crippen LogP contribution < -0.4 is 11.3 Å². The first kappa shape index (κ1) is 12.7. The molecule has 5 atom stereocenters. The van der Waals surface area contributed by atoms with Gasteiger partial charge in [-0.3, -0.25) is 11.3 Å². The lowest BCUT2D eigenvalue weighted by Gasteiger charge is -2.20. The second-order valence-corrected chi connectivity index (χ2v) is 6.78. The van der Waals surface area contributed by atoms with E-state index in [2.05, 4.69) is 5.43 Å². The van der Waals surface area contributed by atoms with Crippen molar-refractivity contribution in [2.24, 2.45) is 35.4 Å². The van der Waals surface area contributed by atoms with Gasteiger partial charge in [-0.2, -0.15) is 0 Å². The van der Waals surface area contributed by atoms with Gasteiger partial charge in [0.1, 0.15) is 11.6 Å². The number of rotatable bonds is 4. The van der Waals surface area contributed by atoms with Crippen LogP contribution in [0.25, 0.3) is 0 Å². The summed E-state index contributed by atoms with van der Waals surface area (Å²) >= 11 is 0. The minimum atomic E-state index is -0.523. The maximum Gasteiger partial charge on any atom is 0.129 e.